The lowest BCUT2D eigenvalue weighted by Gasteiger charge is -2.19. The van der Waals surface area contributed by atoms with Crippen LogP contribution in [0.25, 0.3) is 11.1 Å². The second kappa shape index (κ2) is 13.2. The van der Waals surface area contributed by atoms with Crippen molar-refractivity contribution in [2.75, 3.05) is 0 Å². The van der Waals surface area contributed by atoms with Crippen molar-refractivity contribution in [3.63, 3.8) is 0 Å². The molecule has 0 saturated carbocycles. The Morgan fingerprint density at radius 3 is 1.82 bits per heavy atom. The average Bonchev–Trinajstić information content (AvgIpc) is 2.90. The first-order valence-corrected chi connectivity index (χ1v) is 13.3. The molecule has 4 aromatic carbocycles. The van der Waals surface area contributed by atoms with Crippen molar-refractivity contribution in [1.82, 2.24) is 0 Å². The Kier molecular flexibility index (Phi) is 9.84. The molecule has 0 heterocycles. The van der Waals surface area contributed by atoms with Crippen LogP contribution in [0.3, 0.4) is 0 Å². The van der Waals surface area contributed by atoms with Crippen LogP contribution in [0.4, 0.5) is 43.9 Å². The maximum atomic E-state index is 14.9. The van der Waals surface area contributed by atoms with E-state index in [2.05, 4.69) is 10.7 Å². The van der Waals surface area contributed by atoms with Crippen LogP contribution in [-0.4, -0.2) is 0 Å². The fourth-order valence-corrected chi connectivity index (χ4v) is 4.65. The predicted octanol–water partition coefficient (Wildman–Crippen LogP) is 10.4. The third-order valence-electron chi connectivity index (χ3n) is 6.37. The van der Waals surface area contributed by atoms with Crippen molar-refractivity contribution in [2.24, 2.45) is 0 Å². The minimum Gasteiger partial charge on any atom is -0.429 e. The molecule has 0 bridgehead atoms. The lowest BCUT2D eigenvalue weighted by atomic mass is 9.98. The molecule has 44 heavy (non-hydrogen) atoms. The van der Waals surface area contributed by atoms with Gasteiger partial charge in [0.2, 0.25) is 0 Å². The molecule has 0 aliphatic heterocycles. The van der Waals surface area contributed by atoms with Gasteiger partial charge < -0.3 is 4.74 Å². The van der Waals surface area contributed by atoms with Crippen LogP contribution in [0, 0.1) is 58.4 Å². The van der Waals surface area contributed by atoms with Crippen molar-refractivity contribution in [1.29, 1.82) is 0 Å². The van der Waals surface area contributed by atoms with E-state index in [0.717, 1.165) is 31.4 Å². The number of hydrogen-bond donors (Lipinski definition) is 0. The van der Waals surface area contributed by atoms with E-state index in [1.807, 2.05) is 12.8 Å². The van der Waals surface area contributed by atoms with Crippen LogP contribution < -0.4 is 4.74 Å². The van der Waals surface area contributed by atoms with Gasteiger partial charge in [-0.05, 0) is 60.4 Å². The summed E-state index contributed by atoms with van der Waals surface area (Å²) in [7, 11) is 0. The normalized spacial score (nSPS) is 11.4. The SMILES string of the molecule is CCCCCc1cc(F)c(-c2cc(F)c(C#Cc3cc(F)c(C(F)(F)Oc4cc(F)c(F)c(F)c4)c(F)c3)c(F)c2)c(Cl)c1. The van der Waals surface area contributed by atoms with Crippen LogP contribution in [0.1, 0.15) is 48.4 Å². The van der Waals surface area contributed by atoms with Crippen molar-refractivity contribution >= 4 is 11.6 Å². The zero-order chi connectivity index (χ0) is 32.3. The van der Waals surface area contributed by atoms with E-state index in [9.17, 15) is 43.9 Å². The lowest BCUT2D eigenvalue weighted by Crippen LogP contribution is -2.25. The number of rotatable bonds is 8. The molecule has 4 rings (SSSR count). The third-order valence-corrected chi connectivity index (χ3v) is 6.67. The molecule has 230 valence electrons. The number of aryl methyl sites for hydroxylation is 1. The number of alkyl halides is 2. The Labute approximate surface area is 250 Å². The molecular formula is C32H19ClF10O. The molecule has 0 unspecified atom stereocenters. The van der Waals surface area contributed by atoms with Gasteiger partial charge in [-0.25, -0.2) is 35.1 Å². The van der Waals surface area contributed by atoms with Gasteiger partial charge in [-0.2, -0.15) is 8.78 Å². The molecule has 0 atom stereocenters. The quantitative estimate of drug-likeness (QED) is 0.0803. The molecule has 4 aromatic rings. The summed E-state index contributed by atoms with van der Waals surface area (Å²) in [6.45, 7) is 2.01. The highest BCUT2D eigenvalue weighted by atomic mass is 35.5. The van der Waals surface area contributed by atoms with Gasteiger partial charge in [0.1, 0.15) is 40.4 Å². The summed E-state index contributed by atoms with van der Waals surface area (Å²) in [5.41, 5.74) is -3.37. The summed E-state index contributed by atoms with van der Waals surface area (Å²) < 4.78 is 147. The Balaban J connectivity index is 1.61. The van der Waals surface area contributed by atoms with Gasteiger partial charge in [0.05, 0.1) is 10.6 Å². The molecule has 0 spiro atoms. The van der Waals surface area contributed by atoms with E-state index in [1.165, 1.54) is 12.1 Å². The average molecular weight is 645 g/mol. The highest BCUT2D eigenvalue weighted by Crippen LogP contribution is 2.37. The Morgan fingerprint density at radius 2 is 1.27 bits per heavy atom. The predicted molar refractivity (Wildman–Crippen MR) is 143 cm³/mol. The maximum Gasteiger partial charge on any atom is 0.432 e. The summed E-state index contributed by atoms with van der Waals surface area (Å²) >= 11 is 6.21. The Morgan fingerprint density at radius 1 is 0.682 bits per heavy atom. The number of unbranched alkanes of at least 4 members (excludes halogenated alkanes) is 2. The van der Waals surface area contributed by atoms with E-state index in [1.54, 1.807) is 0 Å². The van der Waals surface area contributed by atoms with Crippen LogP contribution in [-0.2, 0) is 12.5 Å². The second-order valence-corrected chi connectivity index (χ2v) is 10.00. The van der Waals surface area contributed by atoms with Gasteiger partial charge in [-0.15, -0.1) is 0 Å². The molecule has 0 N–H and O–H groups in total. The van der Waals surface area contributed by atoms with Crippen molar-refractivity contribution in [3.05, 3.63) is 122 Å². The van der Waals surface area contributed by atoms with Crippen LogP contribution >= 0.6 is 11.6 Å². The smallest absolute Gasteiger partial charge is 0.429 e. The molecule has 0 radical (unpaired) electrons. The van der Waals surface area contributed by atoms with Crippen molar-refractivity contribution in [2.45, 2.75) is 38.7 Å². The first-order chi connectivity index (χ1) is 20.7. The molecule has 0 saturated heterocycles. The Bertz CT molecular complexity index is 1700. The van der Waals surface area contributed by atoms with Gasteiger partial charge in [0, 0.05) is 23.3 Å². The number of halogens is 11. The number of ether oxygens (including phenoxy) is 1. The van der Waals surface area contributed by atoms with Gasteiger partial charge in [0.15, 0.2) is 17.5 Å². The standard InChI is InChI=1S/C32H19ClF10O/c1-2-3-4-5-16-8-21(33)29(24(36)9-16)18-12-22(34)20(23(35)13-18)7-6-17-10-25(37)30(26(38)11-17)32(42,43)44-19-14-27(39)31(41)28(40)15-19/h8-15H,2-5H2,1H3. The molecule has 0 aliphatic rings. The van der Waals surface area contributed by atoms with Gasteiger partial charge in [0.25, 0.3) is 0 Å². The van der Waals surface area contributed by atoms with E-state index in [0.29, 0.717) is 24.1 Å². The molecule has 1 nitrogen and oxygen atoms in total. The summed E-state index contributed by atoms with van der Waals surface area (Å²) in [6.07, 6.45) is -1.61. The number of hydrogen-bond acceptors (Lipinski definition) is 1. The van der Waals surface area contributed by atoms with E-state index >= 15 is 0 Å². The van der Waals surface area contributed by atoms with E-state index in [-0.39, 0.29) is 28.3 Å². The van der Waals surface area contributed by atoms with Crippen molar-refractivity contribution < 1.29 is 48.6 Å². The van der Waals surface area contributed by atoms with Gasteiger partial charge >= 0.3 is 6.11 Å². The molecule has 12 heteroatoms. The van der Waals surface area contributed by atoms with E-state index in [4.69, 9.17) is 11.6 Å². The van der Waals surface area contributed by atoms with E-state index < -0.39 is 75.1 Å². The fraction of sp³-hybridized carbons (Fsp3) is 0.188. The van der Waals surface area contributed by atoms with Gasteiger partial charge in [-0.3, -0.25) is 0 Å². The zero-order valence-electron chi connectivity index (χ0n) is 22.5. The lowest BCUT2D eigenvalue weighted by molar-refractivity contribution is -0.189. The highest BCUT2D eigenvalue weighted by molar-refractivity contribution is 6.33. The minimum absolute atomic E-state index is 0.0440. The van der Waals surface area contributed by atoms with Crippen LogP contribution in [0.2, 0.25) is 5.02 Å². The fourth-order valence-electron chi connectivity index (χ4n) is 4.31. The first kappa shape index (κ1) is 32.7. The molecular weight excluding hydrogens is 626 g/mol. The van der Waals surface area contributed by atoms with Crippen LogP contribution in [0.5, 0.6) is 5.75 Å². The molecule has 0 amide bonds. The number of benzene rings is 4. The van der Waals surface area contributed by atoms with Crippen LogP contribution in [0.15, 0.2) is 48.5 Å². The summed E-state index contributed by atoms with van der Waals surface area (Å²) in [4.78, 5) is 0. The summed E-state index contributed by atoms with van der Waals surface area (Å²) in [6, 6.07) is 4.93. The minimum atomic E-state index is -4.84. The largest absolute Gasteiger partial charge is 0.432 e. The first-order valence-electron chi connectivity index (χ1n) is 12.9. The Hall–Kier alpha value is -4.17. The highest BCUT2D eigenvalue weighted by Gasteiger charge is 2.41. The van der Waals surface area contributed by atoms with Crippen molar-refractivity contribution in [3.8, 4) is 28.7 Å². The molecule has 0 aromatic heterocycles. The maximum absolute atomic E-state index is 14.9. The zero-order valence-corrected chi connectivity index (χ0v) is 23.3. The third kappa shape index (κ3) is 7.13. The summed E-state index contributed by atoms with van der Waals surface area (Å²) in [5.74, 6) is -10.2. The van der Waals surface area contributed by atoms with Gasteiger partial charge in [-0.1, -0.05) is 43.2 Å². The monoisotopic (exact) mass is 644 g/mol. The molecule has 0 fully saturated rings. The summed E-state index contributed by atoms with van der Waals surface area (Å²) in [5, 5.41) is -0.0735. The second-order valence-electron chi connectivity index (χ2n) is 9.59. The molecule has 0 aliphatic carbocycles. The topological polar surface area (TPSA) is 9.23 Å².